The summed E-state index contributed by atoms with van der Waals surface area (Å²) in [6.45, 7) is 4.56. The molecule has 0 amide bonds. The first-order valence-corrected chi connectivity index (χ1v) is 10.2. The molecule has 2 aromatic rings. The van der Waals surface area contributed by atoms with Crippen LogP contribution >= 0.6 is 39.9 Å². The lowest BCUT2D eigenvalue weighted by atomic mass is 9.96. The average Bonchev–Trinajstić information content (AvgIpc) is 3.51. The van der Waals surface area contributed by atoms with Gasteiger partial charge in [-0.3, -0.25) is 4.99 Å². The van der Waals surface area contributed by atoms with Gasteiger partial charge in [0.05, 0.1) is 0 Å². The van der Waals surface area contributed by atoms with Crippen molar-refractivity contribution in [3.63, 3.8) is 0 Å². The van der Waals surface area contributed by atoms with Gasteiger partial charge in [0.2, 0.25) is 5.95 Å². The van der Waals surface area contributed by atoms with E-state index in [0.717, 1.165) is 44.6 Å². The van der Waals surface area contributed by atoms with E-state index >= 15 is 0 Å². The highest BCUT2D eigenvalue weighted by molar-refractivity contribution is 14.0. The summed E-state index contributed by atoms with van der Waals surface area (Å²) < 4.78 is 1.20. The van der Waals surface area contributed by atoms with Crippen LogP contribution in [0.3, 0.4) is 0 Å². The molecule has 0 atom stereocenters. The van der Waals surface area contributed by atoms with Gasteiger partial charge < -0.3 is 15.1 Å². The summed E-state index contributed by atoms with van der Waals surface area (Å²) in [5, 5.41) is 3.63. The van der Waals surface area contributed by atoms with Crippen molar-refractivity contribution >= 4 is 51.8 Å². The predicted molar refractivity (Wildman–Crippen MR) is 128 cm³/mol. The number of anilines is 1. The molecule has 1 aliphatic carbocycles. The van der Waals surface area contributed by atoms with E-state index in [4.69, 9.17) is 0 Å². The molecule has 1 aromatic carbocycles. The SMILES string of the molecule is CN=C(NCC1(c2ccccc2Br)CC1)N1CCN(c2ncccn2)CC1.I. The Kier molecular flexibility index (Phi) is 7.14. The third-order valence-corrected chi connectivity index (χ3v) is 6.20. The van der Waals surface area contributed by atoms with Crippen LogP contribution in [0.4, 0.5) is 5.95 Å². The largest absolute Gasteiger partial charge is 0.355 e. The minimum atomic E-state index is 0. The number of halogens is 2. The molecule has 2 heterocycles. The Labute approximate surface area is 192 Å². The van der Waals surface area contributed by atoms with Crippen LogP contribution in [0.5, 0.6) is 0 Å². The average molecular weight is 557 g/mol. The maximum absolute atomic E-state index is 4.53. The minimum absolute atomic E-state index is 0. The standard InChI is InChI=1S/C20H25BrN6.HI/c1-22-18(25-15-20(7-8-20)16-5-2-3-6-17(16)21)26-11-13-27(14-12-26)19-23-9-4-10-24-19;/h2-6,9-10H,7-8,11-15H2,1H3,(H,22,25);1H. The molecule has 1 N–H and O–H groups in total. The topological polar surface area (TPSA) is 56.7 Å². The molecule has 1 saturated heterocycles. The summed E-state index contributed by atoms with van der Waals surface area (Å²) in [5.74, 6) is 1.80. The molecule has 0 unspecified atom stereocenters. The van der Waals surface area contributed by atoms with Crippen LogP contribution in [0.25, 0.3) is 0 Å². The van der Waals surface area contributed by atoms with Crippen molar-refractivity contribution in [1.29, 1.82) is 0 Å². The quantitative estimate of drug-likeness (QED) is 0.356. The van der Waals surface area contributed by atoms with Crippen molar-refractivity contribution in [3.05, 3.63) is 52.8 Å². The predicted octanol–water partition coefficient (Wildman–Crippen LogP) is 3.29. The van der Waals surface area contributed by atoms with E-state index in [9.17, 15) is 0 Å². The zero-order valence-corrected chi connectivity index (χ0v) is 19.9. The number of rotatable bonds is 4. The van der Waals surface area contributed by atoms with Gasteiger partial charge in [-0.1, -0.05) is 34.1 Å². The van der Waals surface area contributed by atoms with Crippen molar-refractivity contribution in [2.45, 2.75) is 18.3 Å². The number of hydrogen-bond acceptors (Lipinski definition) is 4. The first-order valence-electron chi connectivity index (χ1n) is 9.44. The van der Waals surface area contributed by atoms with Gasteiger partial charge in [0.25, 0.3) is 0 Å². The molecule has 1 saturated carbocycles. The maximum Gasteiger partial charge on any atom is 0.225 e. The third-order valence-electron chi connectivity index (χ3n) is 5.51. The lowest BCUT2D eigenvalue weighted by Crippen LogP contribution is -2.53. The van der Waals surface area contributed by atoms with E-state index in [1.165, 1.54) is 22.9 Å². The van der Waals surface area contributed by atoms with Crippen molar-refractivity contribution < 1.29 is 0 Å². The Bertz CT molecular complexity index is 803. The van der Waals surface area contributed by atoms with Gasteiger partial charge in [-0.25, -0.2) is 9.97 Å². The van der Waals surface area contributed by atoms with Crippen LogP contribution in [0.2, 0.25) is 0 Å². The van der Waals surface area contributed by atoms with E-state index in [0.29, 0.717) is 0 Å². The lowest BCUT2D eigenvalue weighted by Gasteiger charge is -2.36. The van der Waals surface area contributed by atoms with Crippen LogP contribution in [0.15, 0.2) is 52.2 Å². The summed E-state index contributed by atoms with van der Waals surface area (Å²) in [6, 6.07) is 10.4. The minimum Gasteiger partial charge on any atom is -0.355 e. The third kappa shape index (κ3) is 4.59. The molecular weight excluding hydrogens is 531 g/mol. The maximum atomic E-state index is 4.53. The molecule has 8 heteroatoms. The van der Waals surface area contributed by atoms with Gasteiger partial charge >= 0.3 is 0 Å². The van der Waals surface area contributed by atoms with Gasteiger partial charge in [-0.15, -0.1) is 24.0 Å². The molecule has 4 rings (SSSR count). The lowest BCUT2D eigenvalue weighted by molar-refractivity contribution is 0.368. The molecule has 1 aliphatic heterocycles. The second-order valence-corrected chi connectivity index (χ2v) is 8.04. The molecule has 0 spiro atoms. The van der Waals surface area contributed by atoms with Gasteiger partial charge in [0.15, 0.2) is 5.96 Å². The summed E-state index contributed by atoms with van der Waals surface area (Å²) in [5.41, 5.74) is 1.63. The summed E-state index contributed by atoms with van der Waals surface area (Å²) in [7, 11) is 1.87. The Morgan fingerprint density at radius 2 is 1.79 bits per heavy atom. The molecule has 28 heavy (non-hydrogen) atoms. The molecule has 2 aliphatic rings. The monoisotopic (exact) mass is 556 g/mol. The van der Waals surface area contributed by atoms with Crippen molar-refractivity contribution in [1.82, 2.24) is 20.2 Å². The molecule has 0 radical (unpaired) electrons. The summed E-state index contributed by atoms with van der Waals surface area (Å²) >= 11 is 3.72. The zero-order chi connectivity index (χ0) is 18.7. The van der Waals surface area contributed by atoms with Crippen LogP contribution in [-0.4, -0.2) is 60.6 Å². The van der Waals surface area contributed by atoms with Gasteiger partial charge in [0.1, 0.15) is 0 Å². The fourth-order valence-electron chi connectivity index (χ4n) is 3.74. The molecule has 2 fully saturated rings. The Morgan fingerprint density at radius 1 is 1.11 bits per heavy atom. The second-order valence-electron chi connectivity index (χ2n) is 7.18. The van der Waals surface area contributed by atoms with E-state index in [1.807, 2.05) is 13.1 Å². The number of hydrogen-bond donors (Lipinski definition) is 1. The fourth-order valence-corrected chi connectivity index (χ4v) is 4.44. The zero-order valence-electron chi connectivity index (χ0n) is 16.0. The molecule has 1 aromatic heterocycles. The van der Waals surface area contributed by atoms with Crippen LogP contribution in [-0.2, 0) is 5.41 Å². The van der Waals surface area contributed by atoms with Gasteiger partial charge in [-0.2, -0.15) is 0 Å². The van der Waals surface area contributed by atoms with Crippen molar-refractivity contribution in [2.75, 3.05) is 44.7 Å². The van der Waals surface area contributed by atoms with Crippen LogP contribution in [0, 0.1) is 0 Å². The first kappa shape index (κ1) is 21.3. The van der Waals surface area contributed by atoms with Crippen molar-refractivity contribution in [2.24, 2.45) is 4.99 Å². The molecule has 150 valence electrons. The second kappa shape index (κ2) is 9.39. The number of aliphatic imine (C=N–C) groups is 1. The Balaban J connectivity index is 0.00000225. The highest BCUT2D eigenvalue weighted by Crippen LogP contribution is 2.49. The van der Waals surface area contributed by atoms with Crippen LogP contribution in [0.1, 0.15) is 18.4 Å². The van der Waals surface area contributed by atoms with Crippen LogP contribution < -0.4 is 10.2 Å². The van der Waals surface area contributed by atoms with E-state index < -0.39 is 0 Å². The number of aromatic nitrogens is 2. The highest BCUT2D eigenvalue weighted by Gasteiger charge is 2.45. The van der Waals surface area contributed by atoms with Gasteiger partial charge in [-0.05, 0) is 30.5 Å². The Hall–Kier alpha value is -1.42. The first-order chi connectivity index (χ1) is 13.2. The molecular formula is C20H26BrIN6. The van der Waals surface area contributed by atoms with Gasteiger partial charge in [0, 0.05) is 62.1 Å². The number of piperazine rings is 1. The normalized spacial score (nSPS) is 18.4. The Morgan fingerprint density at radius 3 is 2.39 bits per heavy atom. The summed E-state index contributed by atoms with van der Waals surface area (Å²) in [4.78, 5) is 17.8. The van der Waals surface area contributed by atoms with E-state index in [-0.39, 0.29) is 29.4 Å². The molecule has 6 nitrogen and oxygen atoms in total. The number of guanidine groups is 1. The fraction of sp³-hybridized carbons (Fsp3) is 0.450. The highest BCUT2D eigenvalue weighted by atomic mass is 127. The van der Waals surface area contributed by atoms with E-state index in [2.05, 4.69) is 70.3 Å². The number of benzene rings is 1. The number of nitrogens with one attached hydrogen (secondary N) is 1. The smallest absolute Gasteiger partial charge is 0.225 e. The number of nitrogens with zero attached hydrogens (tertiary/aromatic N) is 5. The summed E-state index contributed by atoms with van der Waals surface area (Å²) in [6.07, 6.45) is 6.04. The van der Waals surface area contributed by atoms with Crippen molar-refractivity contribution in [3.8, 4) is 0 Å². The van der Waals surface area contributed by atoms with E-state index in [1.54, 1.807) is 12.4 Å². The molecule has 0 bridgehead atoms.